The molecule has 0 radical (unpaired) electrons. The van der Waals surface area contributed by atoms with Crippen molar-refractivity contribution in [1.29, 1.82) is 0 Å². The monoisotopic (exact) mass is 302 g/mol. The van der Waals surface area contributed by atoms with E-state index in [1.54, 1.807) is 0 Å². The highest BCUT2D eigenvalue weighted by Crippen LogP contribution is 2.30. The first-order chi connectivity index (χ1) is 9.38. The first-order valence-electron chi connectivity index (χ1n) is 6.58. The average Bonchev–Trinajstić information content (AvgIpc) is 2.38. The molecule has 1 aliphatic carbocycles. The standard InChI is InChI=1S/C13H19FN2O3S/c14-11-8-10(15)4-5-12(11)20(18,19)16-13(9-17)6-2-1-3-7-13/h4-5,8,16-17H,1-3,6-7,9,15H2. The molecule has 112 valence electrons. The lowest BCUT2D eigenvalue weighted by Gasteiger charge is -2.36. The lowest BCUT2D eigenvalue weighted by Crippen LogP contribution is -2.52. The number of hydrogen-bond donors (Lipinski definition) is 3. The first-order valence-corrected chi connectivity index (χ1v) is 8.07. The van der Waals surface area contributed by atoms with Gasteiger partial charge < -0.3 is 10.8 Å². The van der Waals surface area contributed by atoms with Crippen LogP contribution in [0.25, 0.3) is 0 Å². The predicted molar refractivity (Wildman–Crippen MR) is 74.0 cm³/mol. The van der Waals surface area contributed by atoms with Crippen molar-refractivity contribution in [2.45, 2.75) is 42.5 Å². The smallest absolute Gasteiger partial charge is 0.244 e. The summed E-state index contributed by atoms with van der Waals surface area (Å²) in [5, 5.41) is 9.52. The lowest BCUT2D eigenvalue weighted by molar-refractivity contribution is 0.142. The van der Waals surface area contributed by atoms with Crippen molar-refractivity contribution < 1.29 is 17.9 Å². The Bertz CT molecular complexity index is 583. The number of aliphatic hydroxyl groups excluding tert-OH is 1. The Morgan fingerprint density at radius 2 is 1.95 bits per heavy atom. The molecular weight excluding hydrogens is 283 g/mol. The Morgan fingerprint density at radius 1 is 1.30 bits per heavy atom. The van der Waals surface area contributed by atoms with E-state index in [1.165, 1.54) is 6.07 Å². The molecule has 0 aliphatic heterocycles. The van der Waals surface area contributed by atoms with Crippen LogP contribution in [0.5, 0.6) is 0 Å². The summed E-state index contributed by atoms with van der Waals surface area (Å²) in [6.07, 6.45) is 3.80. The third-order valence-electron chi connectivity index (χ3n) is 3.71. The number of nitrogens with two attached hydrogens (primary N) is 1. The topological polar surface area (TPSA) is 92.4 Å². The molecule has 0 spiro atoms. The molecule has 1 aromatic rings. The number of rotatable bonds is 4. The minimum atomic E-state index is -4.02. The maximum absolute atomic E-state index is 13.8. The van der Waals surface area contributed by atoms with E-state index in [2.05, 4.69) is 4.72 Å². The molecule has 1 saturated carbocycles. The van der Waals surface area contributed by atoms with Crippen molar-refractivity contribution in [3.05, 3.63) is 24.0 Å². The van der Waals surface area contributed by atoms with Crippen LogP contribution < -0.4 is 10.5 Å². The number of nitrogen functional groups attached to an aromatic ring is 1. The summed E-state index contributed by atoms with van der Waals surface area (Å²) >= 11 is 0. The highest BCUT2D eigenvalue weighted by Gasteiger charge is 2.36. The molecular formula is C13H19FN2O3S. The van der Waals surface area contributed by atoms with Gasteiger partial charge in [0.15, 0.2) is 0 Å². The van der Waals surface area contributed by atoms with Crippen LogP contribution in [0.1, 0.15) is 32.1 Å². The van der Waals surface area contributed by atoms with E-state index in [-0.39, 0.29) is 12.3 Å². The average molecular weight is 302 g/mol. The largest absolute Gasteiger partial charge is 0.399 e. The van der Waals surface area contributed by atoms with Gasteiger partial charge in [-0.05, 0) is 31.0 Å². The van der Waals surface area contributed by atoms with Gasteiger partial charge in [-0.25, -0.2) is 17.5 Å². The molecule has 0 atom stereocenters. The third kappa shape index (κ3) is 3.11. The van der Waals surface area contributed by atoms with Gasteiger partial charge in [-0.2, -0.15) is 0 Å². The summed E-state index contributed by atoms with van der Waals surface area (Å²) in [5.74, 6) is -0.888. The zero-order chi connectivity index (χ0) is 14.8. The molecule has 20 heavy (non-hydrogen) atoms. The Morgan fingerprint density at radius 3 is 2.50 bits per heavy atom. The van der Waals surface area contributed by atoms with Gasteiger partial charge in [0.05, 0.1) is 12.1 Å². The molecule has 1 aliphatic rings. The van der Waals surface area contributed by atoms with Crippen LogP contribution in [0.3, 0.4) is 0 Å². The second kappa shape index (κ2) is 5.67. The van der Waals surface area contributed by atoms with Gasteiger partial charge >= 0.3 is 0 Å². The summed E-state index contributed by atoms with van der Waals surface area (Å²) in [6.45, 7) is -0.289. The second-order valence-electron chi connectivity index (χ2n) is 5.29. The predicted octanol–water partition coefficient (Wildman–Crippen LogP) is 1.38. The summed E-state index contributed by atoms with van der Waals surface area (Å²) in [5.41, 5.74) is 4.69. The van der Waals surface area contributed by atoms with Gasteiger partial charge in [0.2, 0.25) is 10.0 Å². The first kappa shape index (κ1) is 15.2. The van der Waals surface area contributed by atoms with Crippen molar-refractivity contribution in [2.24, 2.45) is 0 Å². The van der Waals surface area contributed by atoms with E-state index in [9.17, 15) is 17.9 Å². The molecule has 0 saturated heterocycles. The number of aliphatic hydroxyl groups is 1. The zero-order valence-corrected chi connectivity index (χ0v) is 11.9. The summed E-state index contributed by atoms with van der Waals surface area (Å²) < 4.78 is 40.8. The van der Waals surface area contributed by atoms with Crippen LogP contribution in [0.4, 0.5) is 10.1 Å². The molecule has 7 heteroatoms. The van der Waals surface area contributed by atoms with E-state index < -0.39 is 26.3 Å². The van der Waals surface area contributed by atoms with Gasteiger partial charge in [0.25, 0.3) is 0 Å². The van der Waals surface area contributed by atoms with Gasteiger partial charge in [-0.3, -0.25) is 0 Å². The number of nitrogens with one attached hydrogen (secondary N) is 1. The van der Waals surface area contributed by atoms with Crippen LogP contribution in [0.15, 0.2) is 23.1 Å². The number of sulfonamides is 1. The molecule has 0 unspecified atom stereocenters. The van der Waals surface area contributed by atoms with Crippen LogP contribution in [0, 0.1) is 5.82 Å². The van der Waals surface area contributed by atoms with Crippen molar-refractivity contribution in [2.75, 3.05) is 12.3 Å². The Labute approximate surface area is 118 Å². The van der Waals surface area contributed by atoms with Gasteiger partial charge in [0, 0.05) is 5.69 Å². The Kier molecular flexibility index (Phi) is 4.31. The number of anilines is 1. The summed E-state index contributed by atoms with van der Waals surface area (Å²) in [4.78, 5) is -0.440. The van der Waals surface area contributed by atoms with Crippen molar-refractivity contribution in [3.63, 3.8) is 0 Å². The SMILES string of the molecule is Nc1ccc(S(=O)(=O)NC2(CO)CCCCC2)c(F)c1. The van der Waals surface area contributed by atoms with E-state index in [0.29, 0.717) is 12.8 Å². The third-order valence-corrected chi connectivity index (χ3v) is 5.32. The normalized spacial score (nSPS) is 18.9. The molecule has 0 heterocycles. The number of hydrogen-bond acceptors (Lipinski definition) is 4. The van der Waals surface area contributed by atoms with Gasteiger partial charge in [0.1, 0.15) is 10.7 Å². The molecule has 1 fully saturated rings. The molecule has 5 nitrogen and oxygen atoms in total. The van der Waals surface area contributed by atoms with Crippen LogP contribution in [0.2, 0.25) is 0 Å². The summed E-state index contributed by atoms with van der Waals surface area (Å²) in [7, 11) is -4.02. The fourth-order valence-corrected chi connectivity index (χ4v) is 4.11. The van der Waals surface area contributed by atoms with Crippen LogP contribution >= 0.6 is 0 Å². The van der Waals surface area contributed by atoms with Crippen LogP contribution in [-0.4, -0.2) is 25.7 Å². The fraction of sp³-hybridized carbons (Fsp3) is 0.538. The van der Waals surface area contributed by atoms with E-state index in [0.717, 1.165) is 31.4 Å². The van der Waals surface area contributed by atoms with E-state index in [1.807, 2.05) is 0 Å². The maximum Gasteiger partial charge on any atom is 0.244 e. The quantitative estimate of drug-likeness (QED) is 0.733. The van der Waals surface area contributed by atoms with Gasteiger partial charge in [-0.15, -0.1) is 0 Å². The minimum Gasteiger partial charge on any atom is -0.399 e. The summed E-state index contributed by atoms with van der Waals surface area (Å²) in [6, 6.07) is 3.45. The Balaban J connectivity index is 2.30. The van der Waals surface area contributed by atoms with E-state index >= 15 is 0 Å². The van der Waals surface area contributed by atoms with Crippen LogP contribution in [-0.2, 0) is 10.0 Å². The van der Waals surface area contributed by atoms with Crippen molar-refractivity contribution in [3.8, 4) is 0 Å². The number of benzene rings is 1. The molecule has 0 aromatic heterocycles. The van der Waals surface area contributed by atoms with Gasteiger partial charge in [-0.1, -0.05) is 19.3 Å². The Hall–Kier alpha value is -1.18. The fourth-order valence-electron chi connectivity index (χ4n) is 2.60. The maximum atomic E-state index is 13.8. The van der Waals surface area contributed by atoms with Crippen molar-refractivity contribution in [1.82, 2.24) is 4.72 Å². The molecule has 0 bridgehead atoms. The second-order valence-corrected chi connectivity index (χ2v) is 6.95. The molecule has 4 N–H and O–H groups in total. The molecule has 1 aromatic carbocycles. The minimum absolute atomic E-state index is 0.163. The highest BCUT2D eigenvalue weighted by molar-refractivity contribution is 7.89. The lowest BCUT2D eigenvalue weighted by atomic mass is 9.83. The zero-order valence-electron chi connectivity index (χ0n) is 11.1. The van der Waals surface area contributed by atoms with Crippen molar-refractivity contribution >= 4 is 15.7 Å². The van der Waals surface area contributed by atoms with E-state index in [4.69, 9.17) is 5.73 Å². The molecule has 2 rings (SSSR count). The highest BCUT2D eigenvalue weighted by atomic mass is 32.2. The molecule has 0 amide bonds. The number of halogens is 1.